The van der Waals surface area contributed by atoms with Crippen LogP contribution < -0.4 is 5.73 Å². The van der Waals surface area contributed by atoms with Crippen LogP contribution in [0, 0.1) is 5.92 Å². The maximum atomic E-state index is 11.5. The summed E-state index contributed by atoms with van der Waals surface area (Å²) in [5.74, 6) is 0.0176. The van der Waals surface area contributed by atoms with Gasteiger partial charge in [-0.25, -0.2) is 0 Å². The zero-order valence-electron chi connectivity index (χ0n) is 12.3. The van der Waals surface area contributed by atoms with E-state index in [1.807, 2.05) is 18.2 Å². The third-order valence-electron chi connectivity index (χ3n) is 4.17. The molecule has 1 aromatic carbocycles. The van der Waals surface area contributed by atoms with Crippen LogP contribution in [-0.2, 0) is 16.0 Å². The highest BCUT2D eigenvalue weighted by Gasteiger charge is 2.27. The Morgan fingerprint density at radius 1 is 1.45 bits per heavy atom. The highest BCUT2D eigenvalue weighted by atomic mass is 16.5. The fraction of sp³-hybridized carbons (Fsp3) is 0.562. The minimum atomic E-state index is -0.0619. The maximum absolute atomic E-state index is 11.5. The van der Waals surface area contributed by atoms with Crippen molar-refractivity contribution < 1.29 is 9.53 Å². The predicted octanol–water partition coefficient (Wildman–Crippen LogP) is 2.08. The molecule has 1 aromatic rings. The topological polar surface area (TPSA) is 55.6 Å². The monoisotopic (exact) mass is 276 g/mol. The van der Waals surface area contributed by atoms with E-state index < -0.39 is 0 Å². The summed E-state index contributed by atoms with van der Waals surface area (Å²) in [5, 5.41) is 0. The highest BCUT2D eigenvalue weighted by Crippen LogP contribution is 2.21. The molecular weight excluding hydrogens is 252 g/mol. The van der Waals surface area contributed by atoms with Crippen LogP contribution in [-0.4, -0.2) is 37.1 Å². The van der Waals surface area contributed by atoms with E-state index in [0.717, 1.165) is 38.0 Å². The van der Waals surface area contributed by atoms with Gasteiger partial charge < -0.3 is 15.4 Å². The smallest absolute Gasteiger partial charge is 0.308 e. The normalized spacial score (nSPS) is 18.7. The molecule has 1 unspecified atom stereocenters. The molecule has 0 amide bonds. The molecule has 0 radical (unpaired) electrons. The molecule has 2 N–H and O–H groups in total. The van der Waals surface area contributed by atoms with Crippen LogP contribution in [0.2, 0.25) is 0 Å². The van der Waals surface area contributed by atoms with Crippen molar-refractivity contribution in [2.24, 2.45) is 5.92 Å². The van der Waals surface area contributed by atoms with Gasteiger partial charge in [-0.05, 0) is 57.0 Å². The van der Waals surface area contributed by atoms with E-state index in [2.05, 4.69) is 17.9 Å². The van der Waals surface area contributed by atoms with Gasteiger partial charge in [-0.1, -0.05) is 12.1 Å². The van der Waals surface area contributed by atoms with Crippen LogP contribution in [0.5, 0.6) is 0 Å². The van der Waals surface area contributed by atoms with Crippen LogP contribution in [0.1, 0.15) is 25.3 Å². The lowest BCUT2D eigenvalue weighted by atomic mass is 9.95. The first-order chi connectivity index (χ1) is 9.60. The second-order valence-corrected chi connectivity index (χ2v) is 5.63. The Bertz CT molecular complexity index is 454. The zero-order chi connectivity index (χ0) is 14.5. The average molecular weight is 276 g/mol. The molecule has 2 rings (SSSR count). The van der Waals surface area contributed by atoms with Crippen molar-refractivity contribution >= 4 is 11.7 Å². The lowest BCUT2D eigenvalue weighted by Crippen LogP contribution is -2.42. The average Bonchev–Trinajstić information content (AvgIpc) is 2.46. The van der Waals surface area contributed by atoms with Crippen molar-refractivity contribution in [2.75, 3.05) is 25.9 Å². The van der Waals surface area contributed by atoms with Gasteiger partial charge in [0, 0.05) is 11.7 Å². The van der Waals surface area contributed by atoms with Crippen molar-refractivity contribution in [3.8, 4) is 0 Å². The number of nitrogen functional groups attached to an aromatic ring is 1. The number of methoxy groups -OCH3 is 1. The van der Waals surface area contributed by atoms with Crippen LogP contribution in [0.3, 0.4) is 0 Å². The standard InChI is InChI=1S/C16H24N2O2/c1-12(10-13-4-3-5-15(17)11-13)18-8-6-14(7-9-18)16(19)20-2/h3-5,11-12,14H,6-10,17H2,1-2H3. The van der Waals surface area contributed by atoms with Gasteiger partial charge in [-0.2, -0.15) is 0 Å². The molecule has 1 aliphatic heterocycles. The molecule has 110 valence electrons. The number of anilines is 1. The second-order valence-electron chi connectivity index (χ2n) is 5.63. The molecule has 0 aliphatic carbocycles. The van der Waals surface area contributed by atoms with Gasteiger partial charge in [-0.15, -0.1) is 0 Å². The molecule has 4 nitrogen and oxygen atoms in total. The van der Waals surface area contributed by atoms with E-state index in [1.54, 1.807) is 0 Å². The number of likely N-dealkylation sites (tertiary alicyclic amines) is 1. The van der Waals surface area contributed by atoms with Crippen molar-refractivity contribution in [3.63, 3.8) is 0 Å². The minimum absolute atomic E-state index is 0.0619. The Kier molecular flexibility index (Phi) is 5.01. The summed E-state index contributed by atoms with van der Waals surface area (Å²) >= 11 is 0. The minimum Gasteiger partial charge on any atom is -0.469 e. The number of rotatable bonds is 4. The third-order valence-corrected chi connectivity index (χ3v) is 4.17. The fourth-order valence-electron chi connectivity index (χ4n) is 2.93. The molecule has 1 fully saturated rings. The summed E-state index contributed by atoms with van der Waals surface area (Å²) in [6.07, 6.45) is 2.79. The fourth-order valence-corrected chi connectivity index (χ4v) is 2.93. The van der Waals surface area contributed by atoms with Crippen molar-refractivity contribution in [1.29, 1.82) is 0 Å². The molecule has 1 atom stereocenters. The first kappa shape index (κ1) is 14.9. The summed E-state index contributed by atoms with van der Waals surface area (Å²) in [5.41, 5.74) is 7.90. The van der Waals surface area contributed by atoms with Gasteiger partial charge in [0.2, 0.25) is 0 Å². The van der Waals surface area contributed by atoms with Gasteiger partial charge >= 0.3 is 5.97 Å². The van der Waals surface area contributed by atoms with E-state index in [4.69, 9.17) is 10.5 Å². The number of ether oxygens (including phenoxy) is 1. The predicted molar refractivity (Wildman–Crippen MR) is 80.3 cm³/mol. The van der Waals surface area contributed by atoms with Gasteiger partial charge in [0.15, 0.2) is 0 Å². The largest absolute Gasteiger partial charge is 0.469 e. The lowest BCUT2D eigenvalue weighted by molar-refractivity contribution is -0.147. The van der Waals surface area contributed by atoms with Crippen molar-refractivity contribution in [3.05, 3.63) is 29.8 Å². The maximum Gasteiger partial charge on any atom is 0.308 e. The van der Waals surface area contributed by atoms with E-state index in [-0.39, 0.29) is 11.9 Å². The molecule has 1 saturated heterocycles. The second kappa shape index (κ2) is 6.75. The Morgan fingerprint density at radius 3 is 2.75 bits per heavy atom. The SMILES string of the molecule is COC(=O)C1CCN(C(C)Cc2cccc(N)c2)CC1. The van der Waals surface area contributed by atoms with Gasteiger partial charge in [0.25, 0.3) is 0 Å². The van der Waals surface area contributed by atoms with Crippen molar-refractivity contribution in [2.45, 2.75) is 32.2 Å². The van der Waals surface area contributed by atoms with E-state index in [9.17, 15) is 4.79 Å². The van der Waals surface area contributed by atoms with Crippen molar-refractivity contribution in [1.82, 2.24) is 4.90 Å². The van der Waals surface area contributed by atoms with Gasteiger partial charge in [0.05, 0.1) is 13.0 Å². The molecule has 20 heavy (non-hydrogen) atoms. The highest BCUT2D eigenvalue weighted by molar-refractivity contribution is 5.72. The van der Waals surface area contributed by atoms with E-state index in [0.29, 0.717) is 6.04 Å². The zero-order valence-corrected chi connectivity index (χ0v) is 12.3. The number of hydrogen-bond acceptors (Lipinski definition) is 4. The number of piperidine rings is 1. The summed E-state index contributed by atoms with van der Waals surface area (Å²) in [6, 6.07) is 8.54. The van der Waals surface area contributed by atoms with E-state index >= 15 is 0 Å². The number of esters is 1. The molecule has 0 spiro atoms. The number of nitrogens with two attached hydrogens (primary N) is 1. The summed E-state index contributed by atoms with van der Waals surface area (Å²) in [7, 11) is 1.47. The number of carbonyl (C=O) groups excluding carboxylic acids is 1. The first-order valence-corrected chi connectivity index (χ1v) is 7.26. The summed E-state index contributed by atoms with van der Waals surface area (Å²) in [4.78, 5) is 14.0. The van der Waals surface area contributed by atoms with Gasteiger partial charge in [0.1, 0.15) is 0 Å². The Labute approximate surface area is 120 Å². The quantitative estimate of drug-likeness (QED) is 0.676. The van der Waals surface area contributed by atoms with Gasteiger partial charge in [-0.3, -0.25) is 4.79 Å². The molecule has 1 heterocycles. The van der Waals surface area contributed by atoms with Crippen LogP contribution in [0.4, 0.5) is 5.69 Å². The Balaban J connectivity index is 1.85. The van der Waals surface area contributed by atoms with Crippen LogP contribution >= 0.6 is 0 Å². The Morgan fingerprint density at radius 2 is 2.15 bits per heavy atom. The van der Waals surface area contributed by atoms with Crippen LogP contribution in [0.15, 0.2) is 24.3 Å². The number of nitrogens with zero attached hydrogens (tertiary/aromatic N) is 1. The third kappa shape index (κ3) is 3.73. The van der Waals surface area contributed by atoms with Crippen LogP contribution in [0.25, 0.3) is 0 Å². The molecule has 4 heteroatoms. The lowest BCUT2D eigenvalue weighted by Gasteiger charge is -2.35. The molecule has 0 bridgehead atoms. The van der Waals surface area contributed by atoms with E-state index in [1.165, 1.54) is 12.7 Å². The molecule has 0 saturated carbocycles. The number of carbonyl (C=O) groups is 1. The first-order valence-electron chi connectivity index (χ1n) is 7.26. The molecule has 0 aromatic heterocycles. The number of hydrogen-bond donors (Lipinski definition) is 1. The molecular formula is C16H24N2O2. The molecule has 1 aliphatic rings. The Hall–Kier alpha value is -1.55. The summed E-state index contributed by atoms with van der Waals surface area (Å²) < 4.78 is 4.82. The summed E-state index contributed by atoms with van der Waals surface area (Å²) in [6.45, 7) is 4.16. The number of benzene rings is 1.